The number of carbonyl (C=O) groups is 1. The van der Waals surface area contributed by atoms with Crippen LogP contribution in [0.1, 0.15) is 56.3 Å². The quantitative estimate of drug-likeness (QED) is 0.466. The first kappa shape index (κ1) is 31.0. The summed E-state index contributed by atoms with van der Waals surface area (Å²) in [5, 5.41) is 13.7. The van der Waals surface area contributed by atoms with Crippen molar-refractivity contribution in [2.45, 2.75) is 63.8 Å². The summed E-state index contributed by atoms with van der Waals surface area (Å²) in [7, 11) is 1.56. The molecule has 230 valence electrons. The van der Waals surface area contributed by atoms with Crippen LogP contribution in [0.2, 0.25) is 0 Å². The normalized spacial score (nSPS) is 25.4. The van der Waals surface area contributed by atoms with E-state index in [1.54, 1.807) is 19.2 Å². The Labute approximate surface area is 249 Å². The summed E-state index contributed by atoms with van der Waals surface area (Å²) in [6.07, 6.45) is -0.121. The fourth-order valence-electron chi connectivity index (χ4n) is 6.52. The summed E-state index contributed by atoms with van der Waals surface area (Å²) in [5.41, 5.74) is 3.68. The molecule has 10 heteroatoms. The molecule has 2 N–H and O–H groups in total. The predicted molar refractivity (Wildman–Crippen MR) is 160 cm³/mol. The summed E-state index contributed by atoms with van der Waals surface area (Å²) in [6, 6.07) is 9.30. The molecule has 2 saturated heterocycles. The van der Waals surface area contributed by atoms with E-state index in [9.17, 15) is 14.3 Å². The molecule has 0 bridgehead atoms. The van der Waals surface area contributed by atoms with E-state index in [2.05, 4.69) is 42.8 Å². The Balaban J connectivity index is 1.42. The fraction of sp³-hybridized carbons (Fsp3) is 0.625. The third-order valence-corrected chi connectivity index (χ3v) is 8.98. The highest BCUT2D eigenvalue weighted by atomic mass is 19.1. The van der Waals surface area contributed by atoms with Gasteiger partial charge in [0, 0.05) is 63.4 Å². The maximum Gasteiger partial charge on any atom is 0.241 e. The lowest BCUT2D eigenvalue weighted by Gasteiger charge is -2.43. The van der Waals surface area contributed by atoms with Crippen LogP contribution in [0.25, 0.3) is 0 Å². The summed E-state index contributed by atoms with van der Waals surface area (Å²) in [5.74, 6) is -0.234. The molecule has 0 spiro atoms. The number of halogens is 1. The van der Waals surface area contributed by atoms with Crippen LogP contribution in [-0.4, -0.2) is 110 Å². The number of hydrogen-bond donors (Lipinski definition) is 2. The molecule has 1 aromatic carbocycles. The zero-order valence-electron chi connectivity index (χ0n) is 25.6. The number of anilines is 1. The zero-order valence-corrected chi connectivity index (χ0v) is 25.6. The molecule has 0 radical (unpaired) electrons. The summed E-state index contributed by atoms with van der Waals surface area (Å²) in [6.45, 7) is 14.1. The number of piperazine rings is 1. The highest BCUT2D eigenvalue weighted by molar-refractivity contribution is 5.97. The number of methoxy groups -OCH3 is 1. The molecule has 9 nitrogen and oxygen atoms in total. The minimum Gasteiger partial charge on any atom is -0.393 e. The molecule has 1 aromatic heterocycles. The van der Waals surface area contributed by atoms with Crippen LogP contribution < -0.4 is 10.2 Å². The number of hydrogen-bond acceptors (Lipinski definition) is 8. The number of fused-ring (bicyclic) bond motifs is 1. The molecule has 1 amide bonds. The van der Waals surface area contributed by atoms with Gasteiger partial charge in [0.2, 0.25) is 5.91 Å². The number of ether oxygens (including phenoxy) is 2. The number of pyridine rings is 1. The predicted octanol–water partition coefficient (Wildman–Crippen LogP) is 2.50. The largest absolute Gasteiger partial charge is 0.393 e. The van der Waals surface area contributed by atoms with Gasteiger partial charge in [0.15, 0.2) is 0 Å². The van der Waals surface area contributed by atoms with Crippen LogP contribution in [0.3, 0.4) is 0 Å². The summed E-state index contributed by atoms with van der Waals surface area (Å²) >= 11 is 0. The van der Waals surface area contributed by atoms with Gasteiger partial charge in [0.1, 0.15) is 11.9 Å². The third kappa shape index (κ3) is 6.69. The van der Waals surface area contributed by atoms with Crippen molar-refractivity contribution < 1.29 is 23.8 Å². The molecule has 3 aliphatic rings. The Morgan fingerprint density at radius 2 is 2.02 bits per heavy atom. The van der Waals surface area contributed by atoms with Crippen LogP contribution in [0.5, 0.6) is 0 Å². The van der Waals surface area contributed by atoms with E-state index < -0.39 is 6.10 Å². The van der Waals surface area contributed by atoms with E-state index in [-0.39, 0.29) is 29.8 Å². The molecule has 3 aliphatic heterocycles. The van der Waals surface area contributed by atoms with E-state index in [0.29, 0.717) is 37.3 Å². The molecule has 4 heterocycles. The molecule has 4 atom stereocenters. The second-order valence-corrected chi connectivity index (χ2v) is 12.8. The topological polar surface area (TPSA) is 90.4 Å². The Morgan fingerprint density at radius 3 is 2.71 bits per heavy atom. The number of nitrogens with zero attached hydrogens (tertiary/aromatic N) is 4. The lowest BCUT2D eigenvalue weighted by Crippen LogP contribution is -2.62. The number of nitrogens with one attached hydrogen (secondary N) is 1. The van der Waals surface area contributed by atoms with Crippen LogP contribution in [0, 0.1) is 5.82 Å². The van der Waals surface area contributed by atoms with Crippen LogP contribution >= 0.6 is 0 Å². The second kappa shape index (κ2) is 13.0. The molecular formula is C32H46FN5O4. The average molecular weight is 584 g/mol. The van der Waals surface area contributed by atoms with Crippen LogP contribution in [-0.2, 0) is 26.1 Å². The summed E-state index contributed by atoms with van der Waals surface area (Å²) < 4.78 is 24.9. The van der Waals surface area contributed by atoms with E-state index in [1.807, 2.05) is 11.0 Å². The van der Waals surface area contributed by atoms with Gasteiger partial charge in [-0.25, -0.2) is 4.39 Å². The first-order chi connectivity index (χ1) is 20.1. The molecule has 2 fully saturated rings. The maximum absolute atomic E-state index is 14.1. The highest BCUT2D eigenvalue weighted by Crippen LogP contribution is 2.42. The first-order valence-electron chi connectivity index (χ1n) is 15.1. The second-order valence-electron chi connectivity index (χ2n) is 12.8. The first-order valence-corrected chi connectivity index (χ1v) is 15.1. The molecule has 0 unspecified atom stereocenters. The van der Waals surface area contributed by atoms with Gasteiger partial charge in [-0.1, -0.05) is 26.0 Å². The fourth-order valence-corrected chi connectivity index (χ4v) is 6.52. The van der Waals surface area contributed by atoms with Gasteiger partial charge < -0.3 is 24.8 Å². The maximum atomic E-state index is 14.1. The minimum atomic E-state index is -0.600. The van der Waals surface area contributed by atoms with Gasteiger partial charge >= 0.3 is 0 Å². The number of aromatic nitrogens is 1. The van der Waals surface area contributed by atoms with Crippen LogP contribution in [0.4, 0.5) is 10.1 Å². The standard InChI is InChI=1S/C32H46FN5O4/c1-21-15-37(26(14-34-21)16-36-10-11-42-19-22(36)2)17-29(40)38-20-32(3,4)31-27(38)13-24(30(35-31)28(18-39)41-5)12-23-6-8-25(33)9-7-23/h6-9,13,21-22,26,28,34,39H,10-12,14-20H2,1-5H3/t21-,22-,26-,28-/m1/s1. The van der Waals surface area contributed by atoms with Gasteiger partial charge in [0.25, 0.3) is 0 Å². The van der Waals surface area contributed by atoms with Gasteiger partial charge in [-0.15, -0.1) is 0 Å². The lowest BCUT2D eigenvalue weighted by atomic mass is 9.90. The van der Waals surface area contributed by atoms with Crippen molar-refractivity contribution in [2.75, 3.05) is 71.1 Å². The van der Waals surface area contributed by atoms with Crippen molar-refractivity contribution in [2.24, 2.45) is 0 Å². The lowest BCUT2D eigenvalue weighted by molar-refractivity contribution is -0.121. The summed E-state index contributed by atoms with van der Waals surface area (Å²) in [4.78, 5) is 25.9. The molecular weight excluding hydrogens is 537 g/mol. The molecule has 5 rings (SSSR count). The van der Waals surface area contributed by atoms with Crippen molar-refractivity contribution in [3.8, 4) is 0 Å². The van der Waals surface area contributed by atoms with Gasteiger partial charge in [-0.05, 0) is 49.6 Å². The Kier molecular flexibility index (Phi) is 9.61. The van der Waals surface area contributed by atoms with Crippen molar-refractivity contribution >= 4 is 11.6 Å². The number of amides is 1. The van der Waals surface area contributed by atoms with Gasteiger partial charge in [-0.3, -0.25) is 19.6 Å². The molecule has 2 aromatic rings. The van der Waals surface area contributed by atoms with Crippen LogP contribution in [0.15, 0.2) is 30.3 Å². The van der Waals surface area contributed by atoms with Gasteiger partial charge in [-0.2, -0.15) is 0 Å². The third-order valence-electron chi connectivity index (χ3n) is 8.98. The number of benzene rings is 1. The number of rotatable bonds is 9. The van der Waals surface area contributed by atoms with Crippen molar-refractivity contribution in [3.63, 3.8) is 0 Å². The Bertz CT molecular complexity index is 1240. The molecule has 42 heavy (non-hydrogen) atoms. The van der Waals surface area contributed by atoms with E-state index >= 15 is 0 Å². The SMILES string of the molecule is CO[C@H](CO)c1nc2c(cc1Cc1ccc(F)cc1)N(C(=O)CN1C[C@@H](C)NC[C@@H]1CN1CCOC[C@H]1C)CC2(C)C. The monoisotopic (exact) mass is 583 g/mol. The minimum absolute atomic E-state index is 0.0590. The number of carbonyl (C=O) groups excluding carboxylic acids is 1. The molecule has 0 saturated carbocycles. The van der Waals surface area contributed by atoms with E-state index in [1.165, 1.54) is 12.1 Å². The smallest absolute Gasteiger partial charge is 0.241 e. The zero-order chi connectivity index (χ0) is 30.0. The van der Waals surface area contributed by atoms with E-state index in [4.69, 9.17) is 14.5 Å². The highest BCUT2D eigenvalue weighted by Gasteiger charge is 2.42. The van der Waals surface area contributed by atoms with E-state index in [0.717, 1.165) is 61.9 Å². The molecule has 0 aliphatic carbocycles. The van der Waals surface area contributed by atoms with Crippen molar-refractivity contribution in [1.29, 1.82) is 0 Å². The van der Waals surface area contributed by atoms with Crippen molar-refractivity contribution in [1.82, 2.24) is 20.1 Å². The number of aliphatic hydroxyl groups is 1. The Hall–Kier alpha value is -2.47. The average Bonchev–Trinajstić information content (AvgIpc) is 3.23. The number of morpholine rings is 1. The van der Waals surface area contributed by atoms with Gasteiger partial charge in [0.05, 0.1) is 43.4 Å². The number of aliphatic hydroxyl groups excluding tert-OH is 1. The Morgan fingerprint density at radius 1 is 1.26 bits per heavy atom. The van der Waals surface area contributed by atoms with Crippen molar-refractivity contribution in [3.05, 3.63) is 58.7 Å².